The van der Waals surface area contributed by atoms with Gasteiger partial charge in [-0.15, -0.1) is 0 Å². The van der Waals surface area contributed by atoms with E-state index in [9.17, 15) is 0 Å². The van der Waals surface area contributed by atoms with Gasteiger partial charge in [0.05, 0.1) is 0 Å². The van der Waals surface area contributed by atoms with Crippen LogP contribution < -0.4 is 0 Å². The molecule has 0 aliphatic rings. The average Bonchev–Trinajstić information content (AvgIpc) is 3.73. The van der Waals surface area contributed by atoms with Crippen LogP contribution in [0.4, 0.5) is 0 Å². The van der Waals surface area contributed by atoms with E-state index in [1.165, 1.54) is 5.39 Å². The van der Waals surface area contributed by atoms with Crippen LogP contribution in [-0.2, 0) is 0 Å². The molecule has 0 atom stereocenters. The monoisotopic (exact) mass is 615 g/mol. The van der Waals surface area contributed by atoms with Gasteiger partial charge in [0.25, 0.3) is 0 Å². The molecule has 10 rings (SSSR count). The molecule has 0 N–H and O–H groups in total. The molecule has 0 aliphatic carbocycles. The molecule has 0 bridgehead atoms. The molecule has 0 fully saturated rings. The number of furan rings is 2. The minimum Gasteiger partial charge on any atom is -0.456 e. The summed E-state index contributed by atoms with van der Waals surface area (Å²) >= 11 is 0. The highest BCUT2D eigenvalue weighted by Crippen LogP contribution is 2.41. The van der Waals surface area contributed by atoms with Crippen molar-refractivity contribution in [3.63, 3.8) is 0 Å². The molecular formula is C43H25N3O2. The first-order valence-corrected chi connectivity index (χ1v) is 15.9. The normalized spacial score (nSPS) is 11.8. The maximum atomic E-state index is 6.44. The molecule has 0 radical (unpaired) electrons. The largest absolute Gasteiger partial charge is 0.456 e. The van der Waals surface area contributed by atoms with E-state index >= 15 is 0 Å². The van der Waals surface area contributed by atoms with Crippen molar-refractivity contribution in [1.82, 2.24) is 15.0 Å². The van der Waals surface area contributed by atoms with Crippen LogP contribution >= 0.6 is 0 Å². The Morgan fingerprint density at radius 1 is 0.333 bits per heavy atom. The number of aromatic nitrogens is 3. The van der Waals surface area contributed by atoms with Gasteiger partial charge in [-0.3, -0.25) is 0 Å². The zero-order valence-corrected chi connectivity index (χ0v) is 25.6. The van der Waals surface area contributed by atoms with Crippen molar-refractivity contribution in [2.24, 2.45) is 0 Å². The lowest BCUT2D eigenvalue weighted by Gasteiger charge is -2.11. The van der Waals surface area contributed by atoms with E-state index in [0.717, 1.165) is 77.1 Å². The number of nitrogens with zero attached hydrogens (tertiary/aromatic N) is 3. The Labute approximate surface area is 274 Å². The quantitative estimate of drug-likeness (QED) is 0.197. The van der Waals surface area contributed by atoms with Crippen LogP contribution in [0, 0.1) is 0 Å². The Morgan fingerprint density at radius 2 is 0.938 bits per heavy atom. The summed E-state index contributed by atoms with van der Waals surface area (Å²) in [7, 11) is 0. The summed E-state index contributed by atoms with van der Waals surface area (Å²) in [5.41, 5.74) is 8.11. The summed E-state index contributed by atoms with van der Waals surface area (Å²) in [5.74, 6) is 1.76. The molecule has 0 amide bonds. The van der Waals surface area contributed by atoms with E-state index in [-0.39, 0.29) is 0 Å². The minimum atomic E-state index is 0.570. The summed E-state index contributed by atoms with van der Waals surface area (Å²) < 4.78 is 12.7. The zero-order chi connectivity index (χ0) is 31.6. The van der Waals surface area contributed by atoms with Crippen molar-refractivity contribution in [1.29, 1.82) is 0 Å². The zero-order valence-electron chi connectivity index (χ0n) is 25.6. The van der Waals surface area contributed by atoms with Crippen molar-refractivity contribution in [2.75, 3.05) is 0 Å². The predicted molar refractivity (Wildman–Crippen MR) is 194 cm³/mol. The van der Waals surface area contributed by atoms with Crippen LogP contribution in [0.15, 0.2) is 160 Å². The highest BCUT2D eigenvalue weighted by Gasteiger charge is 2.19. The van der Waals surface area contributed by atoms with Gasteiger partial charge in [-0.05, 0) is 64.4 Å². The van der Waals surface area contributed by atoms with E-state index < -0.39 is 0 Å². The lowest BCUT2D eigenvalue weighted by atomic mass is 9.97. The van der Waals surface area contributed by atoms with Crippen molar-refractivity contribution < 1.29 is 8.83 Å². The molecule has 0 saturated carbocycles. The Bertz CT molecular complexity index is 2840. The van der Waals surface area contributed by atoms with Crippen LogP contribution in [0.3, 0.4) is 0 Å². The Balaban J connectivity index is 1.23. The van der Waals surface area contributed by atoms with Gasteiger partial charge in [0.15, 0.2) is 17.5 Å². The molecule has 7 aromatic carbocycles. The number of hydrogen-bond donors (Lipinski definition) is 0. The molecule has 3 aromatic heterocycles. The summed E-state index contributed by atoms with van der Waals surface area (Å²) in [6.07, 6.45) is 0. The maximum Gasteiger partial charge on any atom is 0.164 e. The van der Waals surface area contributed by atoms with Gasteiger partial charge in [-0.25, -0.2) is 15.0 Å². The van der Waals surface area contributed by atoms with Crippen molar-refractivity contribution in [2.45, 2.75) is 0 Å². The van der Waals surface area contributed by atoms with Gasteiger partial charge in [0, 0.05) is 38.2 Å². The highest BCUT2D eigenvalue weighted by atomic mass is 16.3. The number of benzene rings is 7. The lowest BCUT2D eigenvalue weighted by Crippen LogP contribution is -2.00. The molecule has 0 saturated heterocycles. The Kier molecular flexibility index (Phi) is 5.81. The maximum absolute atomic E-state index is 6.44. The van der Waals surface area contributed by atoms with E-state index in [0.29, 0.717) is 17.5 Å². The van der Waals surface area contributed by atoms with Gasteiger partial charge in [-0.1, -0.05) is 109 Å². The van der Waals surface area contributed by atoms with Crippen molar-refractivity contribution in [3.05, 3.63) is 152 Å². The number of rotatable bonds is 4. The molecule has 3 heterocycles. The van der Waals surface area contributed by atoms with Crippen molar-refractivity contribution in [3.8, 4) is 45.3 Å². The van der Waals surface area contributed by atoms with E-state index in [4.69, 9.17) is 23.8 Å². The second-order valence-electron chi connectivity index (χ2n) is 12.0. The molecule has 0 aliphatic heterocycles. The van der Waals surface area contributed by atoms with Crippen LogP contribution in [0.25, 0.3) is 99.9 Å². The summed E-state index contributed by atoms with van der Waals surface area (Å²) in [6, 6.07) is 51.6. The second kappa shape index (κ2) is 10.5. The number of hydrogen-bond acceptors (Lipinski definition) is 5. The number of fused-ring (bicyclic) bond motifs is 8. The summed E-state index contributed by atoms with van der Waals surface area (Å²) in [4.78, 5) is 15.2. The van der Waals surface area contributed by atoms with Crippen molar-refractivity contribution >= 4 is 54.6 Å². The van der Waals surface area contributed by atoms with Gasteiger partial charge >= 0.3 is 0 Å². The molecular weight excluding hydrogens is 590 g/mol. The number of para-hydroxylation sites is 1. The fourth-order valence-electron chi connectivity index (χ4n) is 6.87. The van der Waals surface area contributed by atoms with Crippen LogP contribution in [0.2, 0.25) is 0 Å². The molecule has 48 heavy (non-hydrogen) atoms. The second-order valence-corrected chi connectivity index (χ2v) is 12.0. The average molecular weight is 616 g/mol. The highest BCUT2D eigenvalue weighted by molar-refractivity contribution is 6.19. The first-order valence-electron chi connectivity index (χ1n) is 15.9. The van der Waals surface area contributed by atoms with Crippen LogP contribution in [0.1, 0.15) is 0 Å². The molecule has 0 unspecified atom stereocenters. The minimum absolute atomic E-state index is 0.570. The standard InChI is InChI=1S/C43H25N3O2/c1-3-11-26(12-4-1)33-24-30(25-38-40(33)32-17-9-10-18-35(32)48-38)43-45-41(28-14-5-2-6-15-28)44-42(46-43)29-20-21-36-34(23-29)39-31-16-8-7-13-27(31)19-22-37(39)47-36/h1-25H. The van der Waals surface area contributed by atoms with Gasteiger partial charge in [0.1, 0.15) is 22.3 Å². The third-order valence-electron chi connectivity index (χ3n) is 9.11. The Morgan fingerprint density at radius 3 is 1.75 bits per heavy atom. The molecule has 224 valence electrons. The van der Waals surface area contributed by atoms with E-state index in [1.54, 1.807) is 0 Å². The summed E-state index contributed by atoms with van der Waals surface area (Å²) in [6.45, 7) is 0. The Hall–Kier alpha value is -6.59. The van der Waals surface area contributed by atoms with Crippen LogP contribution in [0.5, 0.6) is 0 Å². The third kappa shape index (κ3) is 4.22. The first-order chi connectivity index (χ1) is 23.8. The molecule has 10 aromatic rings. The fourth-order valence-corrected chi connectivity index (χ4v) is 6.87. The van der Waals surface area contributed by atoms with Gasteiger partial charge in [-0.2, -0.15) is 0 Å². The lowest BCUT2D eigenvalue weighted by molar-refractivity contribution is 0.668. The fraction of sp³-hybridized carbons (Fsp3) is 0. The first kappa shape index (κ1) is 26.6. The van der Waals surface area contributed by atoms with Crippen LogP contribution in [-0.4, -0.2) is 15.0 Å². The SMILES string of the molecule is c1ccc(-c2nc(-c3cc(-c4ccccc4)c4c(c3)oc3ccccc34)nc(-c3ccc4oc5ccc6ccccc6c5c4c3)n2)cc1. The smallest absolute Gasteiger partial charge is 0.164 e. The predicted octanol–water partition coefficient (Wildman–Crippen LogP) is 11.5. The molecule has 5 nitrogen and oxygen atoms in total. The van der Waals surface area contributed by atoms with E-state index in [1.807, 2.05) is 72.8 Å². The topological polar surface area (TPSA) is 65.0 Å². The molecule has 5 heteroatoms. The van der Waals surface area contributed by atoms with Gasteiger partial charge in [0.2, 0.25) is 0 Å². The van der Waals surface area contributed by atoms with Gasteiger partial charge < -0.3 is 8.83 Å². The van der Waals surface area contributed by atoms with E-state index in [2.05, 4.69) is 78.9 Å². The third-order valence-corrected chi connectivity index (χ3v) is 9.11. The molecule has 0 spiro atoms. The summed E-state index contributed by atoms with van der Waals surface area (Å²) in [5, 5.41) is 6.58.